The van der Waals surface area contributed by atoms with Crippen LogP contribution in [0.1, 0.15) is 30.4 Å². The molecule has 0 fully saturated rings. The van der Waals surface area contributed by atoms with Crippen LogP contribution in [-0.4, -0.2) is 23.4 Å². The SMILES string of the molecule is C=CCOC(=O)C1=C(C)N(Cc2cccc(Cl)c2)C(=O)C[C@@H]1c1ccc(F)cc1F. The number of rotatable bonds is 6. The zero-order valence-electron chi connectivity index (χ0n) is 16.3. The molecule has 156 valence electrons. The van der Waals surface area contributed by atoms with Gasteiger partial charge in [-0.3, -0.25) is 4.79 Å². The third-order valence-corrected chi connectivity index (χ3v) is 5.18. The quantitative estimate of drug-likeness (QED) is 0.470. The summed E-state index contributed by atoms with van der Waals surface area (Å²) in [6, 6.07) is 10.1. The maximum atomic E-state index is 14.5. The molecule has 0 spiro atoms. The van der Waals surface area contributed by atoms with Gasteiger partial charge in [-0.2, -0.15) is 0 Å². The molecule has 0 aliphatic carbocycles. The lowest BCUT2D eigenvalue weighted by Gasteiger charge is -2.34. The van der Waals surface area contributed by atoms with E-state index in [4.69, 9.17) is 16.3 Å². The summed E-state index contributed by atoms with van der Waals surface area (Å²) in [4.78, 5) is 27.2. The molecule has 1 aliphatic rings. The minimum Gasteiger partial charge on any atom is -0.458 e. The maximum absolute atomic E-state index is 14.5. The number of esters is 1. The van der Waals surface area contributed by atoms with Crippen molar-refractivity contribution >= 4 is 23.5 Å². The molecule has 4 nitrogen and oxygen atoms in total. The summed E-state index contributed by atoms with van der Waals surface area (Å²) in [5, 5.41) is 0.524. The second kappa shape index (κ2) is 9.22. The first-order chi connectivity index (χ1) is 14.3. The Bertz CT molecular complexity index is 1030. The zero-order valence-corrected chi connectivity index (χ0v) is 17.1. The molecule has 1 atom stereocenters. The number of hydrogen-bond acceptors (Lipinski definition) is 3. The van der Waals surface area contributed by atoms with Gasteiger partial charge >= 0.3 is 5.97 Å². The van der Waals surface area contributed by atoms with Gasteiger partial charge in [0.1, 0.15) is 18.2 Å². The second-order valence-electron chi connectivity index (χ2n) is 6.92. The summed E-state index contributed by atoms with van der Waals surface area (Å²) in [6.45, 7) is 5.29. The van der Waals surface area contributed by atoms with Crippen molar-refractivity contribution in [3.05, 3.63) is 94.2 Å². The number of benzene rings is 2. The van der Waals surface area contributed by atoms with Gasteiger partial charge in [-0.15, -0.1) is 0 Å². The number of carbonyl (C=O) groups excluding carboxylic acids is 2. The predicted octanol–water partition coefficient (Wildman–Crippen LogP) is 5.14. The van der Waals surface area contributed by atoms with Crippen LogP contribution in [0.5, 0.6) is 0 Å². The van der Waals surface area contributed by atoms with Gasteiger partial charge in [0.2, 0.25) is 5.91 Å². The molecule has 0 N–H and O–H groups in total. The Morgan fingerprint density at radius 1 is 1.30 bits per heavy atom. The number of amides is 1. The van der Waals surface area contributed by atoms with E-state index in [-0.39, 0.29) is 36.6 Å². The largest absolute Gasteiger partial charge is 0.458 e. The molecule has 0 saturated carbocycles. The standard InChI is InChI=1S/C23H20ClF2NO3/c1-3-9-30-23(29)22-14(2)27(13-15-5-4-6-16(24)10-15)21(28)12-19(22)18-8-7-17(25)11-20(18)26/h3-8,10-11,19H,1,9,12-13H2,2H3/t19-/m1/s1. The fraction of sp³-hybridized carbons (Fsp3) is 0.217. The van der Waals surface area contributed by atoms with Gasteiger partial charge in [0.15, 0.2) is 0 Å². The van der Waals surface area contributed by atoms with Crippen molar-refractivity contribution in [2.24, 2.45) is 0 Å². The normalized spacial score (nSPS) is 16.6. The Hall–Kier alpha value is -2.99. The van der Waals surface area contributed by atoms with Crippen molar-refractivity contribution in [1.29, 1.82) is 0 Å². The van der Waals surface area contributed by atoms with E-state index < -0.39 is 23.5 Å². The highest BCUT2D eigenvalue weighted by atomic mass is 35.5. The van der Waals surface area contributed by atoms with Crippen molar-refractivity contribution in [2.45, 2.75) is 25.8 Å². The topological polar surface area (TPSA) is 46.6 Å². The van der Waals surface area contributed by atoms with Crippen molar-refractivity contribution in [2.75, 3.05) is 6.61 Å². The lowest BCUT2D eigenvalue weighted by molar-refractivity contribution is -0.139. The Balaban J connectivity index is 2.06. The Morgan fingerprint density at radius 3 is 2.73 bits per heavy atom. The van der Waals surface area contributed by atoms with Crippen LogP contribution in [0.15, 0.2) is 66.4 Å². The fourth-order valence-electron chi connectivity index (χ4n) is 3.55. The van der Waals surface area contributed by atoms with Gasteiger partial charge in [0.25, 0.3) is 0 Å². The van der Waals surface area contributed by atoms with Gasteiger partial charge in [-0.25, -0.2) is 13.6 Å². The first kappa shape index (κ1) is 21.7. The predicted molar refractivity (Wildman–Crippen MR) is 110 cm³/mol. The van der Waals surface area contributed by atoms with Gasteiger partial charge in [0, 0.05) is 29.1 Å². The van der Waals surface area contributed by atoms with E-state index in [2.05, 4.69) is 6.58 Å². The molecule has 1 heterocycles. The monoisotopic (exact) mass is 431 g/mol. The zero-order chi connectivity index (χ0) is 21.8. The van der Waals surface area contributed by atoms with Crippen molar-refractivity contribution < 1.29 is 23.1 Å². The molecule has 0 radical (unpaired) electrons. The molecular weight excluding hydrogens is 412 g/mol. The molecule has 0 unspecified atom stereocenters. The van der Waals surface area contributed by atoms with Crippen LogP contribution in [0.2, 0.25) is 5.02 Å². The van der Waals surface area contributed by atoms with Crippen LogP contribution in [0.25, 0.3) is 0 Å². The molecule has 0 aromatic heterocycles. The molecule has 1 amide bonds. The van der Waals surface area contributed by atoms with Crippen LogP contribution in [0.4, 0.5) is 8.78 Å². The summed E-state index contributed by atoms with van der Waals surface area (Å²) in [5.41, 5.74) is 1.36. The number of hydrogen-bond donors (Lipinski definition) is 0. The molecular formula is C23H20ClF2NO3. The Labute approximate surface area is 178 Å². The van der Waals surface area contributed by atoms with E-state index in [0.717, 1.165) is 17.7 Å². The molecule has 30 heavy (non-hydrogen) atoms. The van der Waals surface area contributed by atoms with Gasteiger partial charge < -0.3 is 9.64 Å². The highest BCUT2D eigenvalue weighted by molar-refractivity contribution is 6.30. The highest BCUT2D eigenvalue weighted by Gasteiger charge is 2.38. The number of allylic oxidation sites excluding steroid dienone is 1. The lowest BCUT2D eigenvalue weighted by atomic mass is 9.83. The highest BCUT2D eigenvalue weighted by Crippen LogP contribution is 2.39. The number of carbonyl (C=O) groups is 2. The second-order valence-corrected chi connectivity index (χ2v) is 7.36. The number of nitrogens with zero attached hydrogens (tertiary/aromatic N) is 1. The van der Waals surface area contributed by atoms with Crippen molar-refractivity contribution in [1.82, 2.24) is 4.90 Å². The molecule has 3 rings (SSSR count). The van der Waals surface area contributed by atoms with Gasteiger partial charge in [0.05, 0.1) is 12.1 Å². The van der Waals surface area contributed by atoms with E-state index >= 15 is 0 Å². The minimum absolute atomic E-state index is 0.0313. The average molecular weight is 432 g/mol. The number of ether oxygens (including phenoxy) is 1. The van der Waals surface area contributed by atoms with E-state index in [1.165, 1.54) is 17.0 Å². The van der Waals surface area contributed by atoms with Crippen LogP contribution in [-0.2, 0) is 20.9 Å². The lowest BCUT2D eigenvalue weighted by Crippen LogP contribution is -2.38. The molecule has 0 saturated heterocycles. The third-order valence-electron chi connectivity index (χ3n) is 4.94. The van der Waals surface area contributed by atoms with Crippen LogP contribution in [0, 0.1) is 11.6 Å². The van der Waals surface area contributed by atoms with E-state index in [1.807, 2.05) is 6.07 Å². The summed E-state index contributed by atoms with van der Waals surface area (Å²) in [7, 11) is 0. The van der Waals surface area contributed by atoms with Gasteiger partial charge in [-0.1, -0.05) is 42.5 Å². The molecule has 2 aromatic carbocycles. The smallest absolute Gasteiger partial charge is 0.336 e. The number of halogens is 3. The van der Waals surface area contributed by atoms with E-state index in [1.54, 1.807) is 25.1 Å². The molecule has 2 aromatic rings. The fourth-order valence-corrected chi connectivity index (χ4v) is 3.76. The van der Waals surface area contributed by atoms with Gasteiger partial charge in [-0.05, 0) is 36.2 Å². The van der Waals surface area contributed by atoms with E-state index in [9.17, 15) is 18.4 Å². The van der Waals surface area contributed by atoms with Crippen LogP contribution < -0.4 is 0 Å². The maximum Gasteiger partial charge on any atom is 0.336 e. The summed E-state index contributed by atoms with van der Waals surface area (Å²) in [6.07, 6.45) is 1.26. The van der Waals surface area contributed by atoms with E-state index in [0.29, 0.717) is 10.7 Å². The minimum atomic E-state index is -0.883. The molecule has 1 aliphatic heterocycles. The Morgan fingerprint density at radius 2 is 2.07 bits per heavy atom. The van der Waals surface area contributed by atoms with Crippen LogP contribution >= 0.6 is 11.6 Å². The summed E-state index contributed by atoms with van der Waals surface area (Å²) < 4.78 is 33.1. The molecule has 0 bridgehead atoms. The summed E-state index contributed by atoms with van der Waals surface area (Å²) >= 11 is 6.03. The first-order valence-corrected chi connectivity index (χ1v) is 9.68. The first-order valence-electron chi connectivity index (χ1n) is 9.30. The average Bonchev–Trinajstić information content (AvgIpc) is 2.69. The van der Waals surface area contributed by atoms with Crippen LogP contribution in [0.3, 0.4) is 0 Å². The van der Waals surface area contributed by atoms with Crippen molar-refractivity contribution in [3.63, 3.8) is 0 Å². The molecule has 7 heteroatoms. The third kappa shape index (κ3) is 4.60. The Kier molecular flexibility index (Phi) is 6.67. The van der Waals surface area contributed by atoms with Crippen molar-refractivity contribution in [3.8, 4) is 0 Å². The summed E-state index contributed by atoms with van der Waals surface area (Å²) in [5.74, 6) is -3.41.